The van der Waals surface area contributed by atoms with Crippen LogP contribution in [0.5, 0.6) is 0 Å². The zero-order chi connectivity index (χ0) is 25.2. The molecule has 0 spiro atoms. The highest BCUT2D eigenvalue weighted by Gasteiger charge is 2.41. The van der Waals surface area contributed by atoms with Crippen LogP contribution in [0.4, 0.5) is 18.0 Å². The molecule has 1 fully saturated rings. The van der Waals surface area contributed by atoms with E-state index in [1.165, 1.54) is 17.7 Å². The van der Waals surface area contributed by atoms with Crippen molar-refractivity contribution in [1.29, 1.82) is 0 Å². The molecule has 1 amide bonds. The lowest BCUT2D eigenvalue weighted by Crippen LogP contribution is -2.32. The van der Waals surface area contributed by atoms with Crippen molar-refractivity contribution in [3.63, 3.8) is 0 Å². The Morgan fingerprint density at radius 2 is 1.80 bits per heavy atom. The number of aromatic nitrogens is 2. The molecule has 2 aromatic carbocycles. The quantitative estimate of drug-likeness (QED) is 0.469. The normalized spacial score (nSPS) is 18.3. The first-order chi connectivity index (χ1) is 16.7. The Balaban J connectivity index is 1.56. The Morgan fingerprint density at radius 1 is 1.11 bits per heavy atom. The molecule has 2 heterocycles. The summed E-state index contributed by atoms with van der Waals surface area (Å²) in [5.41, 5.74) is 1.63. The van der Waals surface area contributed by atoms with Crippen LogP contribution in [0.2, 0.25) is 0 Å². The molecule has 0 radical (unpaired) electrons. The van der Waals surface area contributed by atoms with E-state index in [-0.39, 0.29) is 42.2 Å². The van der Waals surface area contributed by atoms with Gasteiger partial charge >= 0.3 is 12.3 Å². The third-order valence-corrected chi connectivity index (χ3v) is 6.22. The number of aliphatic hydroxyl groups is 1. The van der Waals surface area contributed by atoms with Gasteiger partial charge in [-0.2, -0.15) is 18.2 Å². The van der Waals surface area contributed by atoms with Crippen molar-refractivity contribution in [2.24, 2.45) is 0 Å². The molecule has 4 rings (SSSR count). The highest BCUT2D eigenvalue weighted by atomic mass is 19.4. The van der Waals surface area contributed by atoms with Gasteiger partial charge in [0.1, 0.15) is 6.04 Å². The largest absolute Gasteiger partial charge is 0.465 e. The summed E-state index contributed by atoms with van der Waals surface area (Å²) in [6.45, 7) is 2.18. The third kappa shape index (κ3) is 5.48. The highest BCUT2D eigenvalue weighted by molar-refractivity contribution is 5.66. The topological polar surface area (TPSA) is 99.7 Å². The number of likely N-dealkylation sites (tertiary alicyclic amines) is 1. The molecule has 1 aromatic heterocycles. The van der Waals surface area contributed by atoms with Gasteiger partial charge in [-0.05, 0) is 48.4 Å². The van der Waals surface area contributed by atoms with Crippen LogP contribution in [-0.4, -0.2) is 44.0 Å². The van der Waals surface area contributed by atoms with Crippen LogP contribution < -0.4 is 0 Å². The van der Waals surface area contributed by atoms with E-state index in [9.17, 15) is 28.2 Å². The first-order valence-electron chi connectivity index (χ1n) is 11.5. The van der Waals surface area contributed by atoms with E-state index in [1.807, 2.05) is 24.3 Å². The van der Waals surface area contributed by atoms with Crippen molar-refractivity contribution >= 4 is 6.09 Å². The highest BCUT2D eigenvalue weighted by Crippen LogP contribution is 2.36. The summed E-state index contributed by atoms with van der Waals surface area (Å²) in [6, 6.07) is 10.7. The SMILES string of the molecule is CCCc1ccc(CCc2ccc(-c3noc([C@@H]4[C@@H](O)CCN4C(=O)O)n3)cc2C(F)(F)F)cc1. The number of hydrogen-bond acceptors (Lipinski definition) is 5. The molecule has 2 atom stereocenters. The number of alkyl halides is 3. The maximum absolute atomic E-state index is 13.9. The van der Waals surface area contributed by atoms with E-state index in [0.29, 0.717) is 6.42 Å². The van der Waals surface area contributed by atoms with Gasteiger partial charge in [-0.25, -0.2) is 4.79 Å². The van der Waals surface area contributed by atoms with Crippen LogP contribution in [0.15, 0.2) is 47.0 Å². The molecule has 7 nitrogen and oxygen atoms in total. The van der Waals surface area contributed by atoms with Crippen LogP contribution >= 0.6 is 0 Å². The van der Waals surface area contributed by atoms with Gasteiger partial charge in [0, 0.05) is 12.1 Å². The van der Waals surface area contributed by atoms with Gasteiger partial charge in [-0.15, -0.1) is 0 Å². The molecule has 35 heavy (non-hydrogen) atoms. The molecule has 0 bridgehead atoms. The lowest BCUT2D eigenvalue weighted by molar-refractivity contribution is -0.138. The number of benzene rings is 2. The summed E-state index contributed by atoms with van der Waals surface area (Å²) in [5, 5.41) is 23.2. The second kappa shape index (κ2) is 10.1. The van der Waals surface area contributed by atoms with Gasteiger partial charge in [0.15, 0.2) is 0 Å². The predicted molar refractivity (Wildman–Crippen MR) is 121 cm³/mol. The number of amides is 1. The second-order valence-corrected chi connectivity index (χ2v) is 8.67. The van der Waals surface area contributed by atoms with E-state index in [2.05, 4.69) is 17.1 Å². The number of rotatable bonds is 7. The molecule has 186 valence electrons. The number of halogens is 3. The molecule has 0 unspecified atom stereocenters. The fourth-order valence-electron chi connectivity index (χ4n) is 4.40. The van der Waals surface area contributed by atoms with E-state index >= 15 is 0 Å². The average Bonchev–Trinajstić information content (AvgIpc) is 3.45. The van der Waals surface area contributed by atoms with Gasteiger partial charge in [0.25, 0.3) is 5.89 Å². The van der Waals surface area contributed by atoms with Crippen LogP contribution in [0.25, 0.3) is 11.4 Å². The zero-order valence-electron chi connectivity index (χ0n) is 19.1. The van der Waals surface area contributed by atoms with Gasteiger partial charge in [-0.1, -0.05) is 54.9 Å². The maximum Gasteiger partial charge on any atom is 0.416 e. The van der Waals surface area contributed by atoms with Crippen LogP contribution in [0.3, 0.4) is 0 Å². The Morgan fingerprint density at radius 3 is 2.43 bits per heavy atom. The fourth-order valence-corrected chi connectivity index (χ4v) is 4.40. The summed E-state index contributed by atoms with van der Waals surface area (Å²) in [4.78, 5) is 16.5. The van der Waals surface area contributed by atoms with Gasteiger partial charge in [-0.3, -0.25) is 4.90 Å². The molecule has 1 saturated heterocycles. The van der Waals surface area contributed by atoms with E-state index in [0.717, 1.165) is 29.4 Å². The summed E-state index contributed by atoms with van der Waals surface area (Å²) in [6.07, 6.45) is -4.01. The lowest BCUT2D eigenvalue weighted by atomic mass is 9.96. The van der Waals surface area contributed by atoms with Crippen molar-refractivity contribution in [2.45, 2.75) is 57.3 Å². The molecule has 10 heteroatoms. The lowest BCUT2D eigenvalue weighted by Gasteiger charge is -2.19. The minimum Gasteiger partial charge on any atom is -0.465 e. The minimum atomic E-state index is -4.58. The van der Waals surface area contributed by atoms with Crippen molar-refractivity contribution in [3.8, 4) is 11.4 Å². The molecular weight excluding hydrogens is 463 g/mol. The molecule has 1 aliphatic heterocycles. The minimum absolute atomic E-state index is 0.0904. The number of nitrogens with zero attached hydrogens (tertiary/aromatic N) is 3. The van der Waals surface area contributed by atoms with Crippen LogP contribution in [-0.2, 0) is 25.4 Å². The average molecular weight is 489 g/mol. The predicted octanol–water partition coefficient (Wildman–Crippen LogP) is 5.28. The Hall–Kier alpha value is -3.40. The molecule has 2 N–H and O–H groups in total. The van der Waals surface area contributed by atoms with Crippen LogP contribution in [0.1, 0.15) is 54.0 Å². The summed E-state index contributed by atoms with van der Waals surface area (Å²) in [7, 11) is 0. The van der Waals surface area contributed by atoms with E-state index < -0.39 is 30.0 Å². The van der Waals surface area contributed by atoms with Gasteiger partial charge in [0.05, 0.1) is 11.7 Å². The first-order valence-corrected chi connectivity index (χ1v) is 11.5. The standard InChI is InChI=1S/C25H26F3N3O4/c1-2-3-15-4-6-16(7-5-15)8-9-17-10-11-18(14-19(17)25(26,27)28)22-29-23(35-30-22)21-20(32)12-13-31(21)24(33)34/h4-7,10-11,14,20-21,32H,2-3,8-9,12-13H2,1H3,(H,33,34)/t20-,21-/m0/s1. The smallest absolute Gasteiger partial charge is 0.416 e. The van der Waals surface area contributed by atoms with Gasteiger partial charge < -0.3 is 14.7 Å². The summed E-state index contributed by atoms with van der Waals surface area (Å²) >= 11 is 0. The summed E-state index contributed by atoms with van der Waals surface area (Å²) in [5.74, 6) is -0.260. The Labute approximate surface area is 200 Å². The fraction of sp³-hybridized carbons (Fsp3) is 0.400. The Bertz CT molecular complexity index is 1180. The van der Waals surface area contributed by atoms with Crippen molar-refractivity contribution < 1.29 is 32.7 Å². The monoisotopic (exact) mass is 489 g/mol. The first kappa shape index (κ1) is 24.7. The van der Waals surface area contributed by atoms with Crippen molar-refractivity contribution in [1.82, 2.24) is 15.0 Å². The molecule has 1 aliphatic rings. The van der Waals surface area contributed by atoms with E-state index in [4.69, 9.17) is 4.52 Å². The molecular formula is C25H26F3N3O4. The number of carboxylic acid groups (broad SMARTS) is 1. The second-order valence-electron chi connectivity index (χ2n) is 8.67. The molecule has 3 aromatic rings. The number of aliphatic hydroxyl groups excluding tert-OH is 1. The number of aryl methyl sites for hydroxylation is 3. The third-order valence-electron chi connectivity index (χ3n) is 6.22. The molecule has 0 saturated carbocycles. The molecule has 0 aliphatic carbocycles. The maximum atomic E-state index is 13.9. The zero-order valence-corrected chi connectivity index (χ0v) is 19.1. The van der Waals surface area contributed by atoms with Gasteiger partial charge in [0.2, 0.25) is 5.82 Å². The van der Waals surface area contributed by atoms with Crippen molar-refractivity contribution in [3.05, 3.63) is 70.6 Å². The van der Waals surface area contributed by atoms with Crippen LogP contribution in [0, 0.1) is 0 Å². The Kier molecular flexibility index (Phi) is 7.11. The number of hydrogen-bond donors (Lipinski definition) is 2. The number of carbonyl (C=O) groups is 1. The van der Waals surface area contributed by atoms with E-state index in [1.54, 1.807) is 0 Å². The summed E-state index contributed by atoms with van der Waals surface area (Å²) < 4.78 is 46.8. The van der Waals surface area contributed by atoms with Crippen molar-refractivity contribution in [2.75, 3.05) is 6.54 Å².